The average Bonchev–Trinajstić information content (AvgIpc) is 2.49. The van der Waals surface area contributed by atoms with E-state index in [4.69, 9.17) is 6.42 Å². The van der Waals surface area contributed by atoms with Crippen LogP contribution in [0.3, 0.4) is 0 Å². The van der Waals surface area contributed by atoms with Gasteiger partial charge >= 0.3 is 0 Å². The summed E-state index contributed by atoms with van der Waals surface area (Å²) < 4.78 is 0.884. The minimum atomic E-state index is -0.361. The summed E-state index contributed by atoms with van der Waals surface area (Å²) in [6.07, 6.45) is 5.12. The number of halogens is 1. The maximum Gasteiger partial charge on any atom is 0.240 e. The third-order valence-corrected chi connectivity index (χ3v) is 3.11. The minimum absolute atomic E-state index is 0.0390. The van der Waals surface area contributed by atoms with E-state index in [-0.39, 0.29) is 43.5 Å². The Labute approximate surface area is 131 Å². The van der Waals surface area contributed by atoms with Crippen LogP contribution in [0, 0.1) is 12.3 Å². The Hall–Kier alpha value is -2.13. The molecule has 0 saturated carbocycles. The number of rotatable bonds is 7. The monoisotopic (exact) mass is 350 g/mol. The van der Waals surface area contributed by atoms with Crippen LogP contribution in [0.15, 0.2) is 28.7 Å². The highest BCUT2D eigenvalue weighted by Gasteiger charge is 2.10. The van der Waals surface area contributed by atoms with Gasteiger partial charge in [0.1, 0.15) is 0 Å². The summed E-state index contributed by atoms with van der Waals surface area (Å²) in [4.78, 5) is 34.6. The number of terminal acetylenes is 1. The van der Waals surface area contributed by atoms with Crippen molar-refractivity contribution in [1.82, 2.24) is 10.6 Å². The van der Waals surface area contributed by atoms with Gasteiger partial charge < -0.3 is 10.6 Å². The second kappa shape index (κ2) is 8.93. The quantitative estimate of drug-likeness (QED) is 0.574. The van der Waals surface area contributed by atoms with Crippen LogP contribution < -0.4 is 10.6 Å². The van der Waals surface area contributed by atoms with Gasteiger partial charge in [0.05, 0.1) is 13.1 Å². The van der Waals surface area contributed by atoms with Crippen LogP contribution in [0.25, 0.3) is 0 Å². The molecule has 0 aromatic heterocycles. The molecule has 0 aliphatic carbocycles. The number of carbonyl (C=O) groups excluding carboxylic acids is 3. The van der Waals surface area contributed by atoms with E-state index >= 15 is 0 Å². The van der Waals surface area contributed by atoms with Crippen LogP contribution in [0.2, 0.25) is 0 Å². The maximum absolute atomic E-state index is 11.8. The summed E-state index contributed by atoms with van der Waals surface area (Å²) >= 11 is 3.28. The zero-order valence-electron chi connectivity index (χ0n) is 11.3. The second-order valence-corrected chi connectivity index (χ2v) is 5.10. The summed E-state index contributed by atoms with van der Waals surface area (Å²) in [5, 5.41) is 4.85. The summed E-state index contributed by atoms with van der Waals surface area (Å²) in [7, 11) is 0. The first-order valence-electron chi connectivity index (χ1n) is 6.28. The van der Waals surface area contributed by atoms with Gasteiger partial charge in [-0.2, -0.15) is 0 Å². The molecule has 0 aliphatic heterocycles. The van der Waals surface area contributed by atoms with Crippen molar-refractivity contribution in [2.24, 2.45) is 0 Å². The smallest absolute Gasteiger partial charge is 0.240 e. The Morgan fingerprint density at radius 2 is 1.71 bits per heavy atom. The van der Waals surface area contributed by atoms with E-state index in [1.54, 1.807) is 24.3 Å². The molecule has 1 rings (SSSR count). The Bertz CT molecular complexity index is 561. The van der Waals surface area contributed by atoms with Crippen molar-refractivity contribution in [3.8, 4) is 12.3 Å². The Morgan fingerprint density at radius 1 is 1.05 bits per heavy atom. The van der Waals surface area contributed by atoms with Gasteiger partial charge in [0.15, 0.2) is 5.78 Å². The Kier molecular flexibility index (Phi) is 7.19. The molecule has 0 saturated heterocycles. The number of ketones is 1. The maximum atomic E-state index is 11.8. The first-order chi connectivity index (χ1) is 10.0. The van der Waals surface area contributed by atoms with Crippen molar-refractivity contribution in [3.05, 3.63) is 34.3 Å². The molecular formula is C15H15BrN2O3. The predicted molar refractivity (Wildman–Crippen MR) is 82.6 cm³/mol. The zero-order chi connectivity index (χ0) is 15.7. The number of benzene rings is 1. The van der Waals surface area contributed by atoms with E-state index in [9.17, 15) is 14.4 Å². The molecule has 1 aromatic carbocycles. The van der Waals surface area contributed by atoms with Crippen molar-refractivity contribution >= 4 is 33.5 Å². The predicted octanol–water partition coefficient (Wildman–Crippen LogP) is 1.28. The van der Waals surface area contributed by atoms with Gasteiger partial charge in [-0.3, -0.25) is 14.4 Å². The van der Waals surface area contributed by atoms with Gasteiger partial charge in [-0.1, -0.05) is 34.0 Å². The van der Waals surface area contributed by atoms with Gasteiger partial charge in [-0.05, 0) is 12.1 Å². The van der Waals surface area contributed by atoms with E-state index in [2.05, 4.69) is 32.5 Å². The first kappa shape index (κ1) is 16.9. The van der Waals surface area contributed by atoms with Crippen molar-refractivity contribution < 1.29 is 14.4 Å². The highest BCUT2D eigenvalue weighted by molar-refractivity contribution is 9.10. The molecule has 21 heavy (non-hydrogen) atoms. The summed E-state index contributed by atoms with van der Waals surface area (Å²) in [6, 6.07) is 6.92. The SMILES string of the molecule is C#CCNC(=O)CNC(=O)CCC(=O)c1ccc(Br)cc1. The normalized spacial score (nSPS) is 9.52. The van der Waals surface area contributed by atoms with Crippen molar-refractivity contribution in [3.63, 3.8) is 0 Å². The molecule has 0 atom stereocenters. The van der Waals surface area contributed by atoms with Crippen molar-refractivity contribution in [2.45, 2.75) is 12.8 Å². The fraction of sp³-hybridized carbons (Fsp3) is 0.267. The van der Waals surface area contributed by atoms with Gasteiger partial charge in [0.25, 0.3) is 0 Å². The number of carbonyl (C=O) groups is 3. The summed E-state index contributed by atoms with van der Waals surface area (Å²) in [5.41, 5.74) is 0.553. The summed E-state index contributed by atoms with van der Waals surface area (Å²) in [6.45, 7) is -0.0241. The number of amides is 2. The molecule has 0 unspecified atom stereocenters. The largest absolute Gasteiger partial charge is 0.347 e. The van der Waals surface area contributed by atoms with Gasteiger partial charge in [0.2, 0.25) is 11.8 Å². The third-order valence-electron chi connectivity index (χ3n) is 2.58. The molecule has 0 radical (unpaired) electrons. The molecule has 110 valence electrons. The molecule has 0 fully saturated rings. The van der Waals surface area contributed by atoms with Gasteiger partial charge in [0, 0.05) is 22.9 Å². The highest BCUT2D eigenvalue weighted by atomic mass is 79.9. The number of nitrogens with one attached hydrogen (secondary N) is 2. The first-order valence-corrected chi connectivity index (χ1v) is 7.08. The van der Waals surface area contributed by atoms with Crippen LogP contribution in [-0.4, -0.2) is 30.7 Å². The van der Waals surface area contributed by atoms with E-state index in [0.717, 1.165) is 4.47 Å². The molecule has 2 amide bonds. The fourth-order valence-electron chi connectivity index (χ4n) is 1.49. The van der Waals surface area contributed by atoms with Crippen LogP contribution in [0.1, 0.15) is 23.2 Å². The van der Waals surface area contributed by atoms with E-state index in [1.807, 2.05) is 0 Å². The summed E-state index contributed by atoms with van der Waals surface area (Å²) in [5.74, 6) is 1.43. The Balaban J connectivity index is 2.30. The molecular weight excluding hydrogens is 336 g/mol. The second-order valence-electron chi connectivity index (χ2n) is 4.19. The minimum Gasteiger partial charge on any atom is -0.347 e. The van der Waals surface area contributed by atoms with E-state index < -0.39 is 0 Å². The van der Waals surface area contributed by atoms with Crippen LogP contribution in [-0.2, 0) is 9.59 Å². The average molecular weight is 351 g/mol. The molecule has 6 heteroatoms. The molecule has 0 heterocycles. The van der Waals surface area contributed by atoms with Gasteiger partial charge in [-0.25, -0.2) is 0 Å². The lowest BCUT2D eigenvalue weighted by Gasteiger charge is -2.05. The zero-order valence-corrected chi connectivity index (χ0v) is 12.9. The molecule has 5 nitrogen and oxygen atoms in total. The number of hydrogen-bond donors (Lipinski definition) is 2. The van der Waals surface area contributed by atoms with Crippen molar-refractivity contribution in [2.75, 3.05) is 13.1 Å². The molecule has 0 spiro atoms. The van der Waals surface area contributed by atoms with Crippen molar-refractivity contribution in [1.29, 1.82) is 0 Å². The van der Waals surface area contributed by atoms with Crippen LogP contribution >= 0.6 is 15.9 Å². The number of Topliss-reactive ketones (excluding diaryl/α,β-unsaturated/α-hetero) is 1. The molecule has 0 bridgehead atoms. The molecule has 0 aliphatic rings. The Morgan fingerprint density at radius 3 is 2.33 bits per heavy atom. The standard InChI is InChI=1S/C15H15BrN2O3/c1-2-9-17-15(21)10-18-14(20)8-7-13(19)11-3-5-12(16)6-4-11/h1,3-6H,7-10H2,(H,17,21)(H,18,20). The van der Waals surface area contributed by atoms with Crippen LogP contribution in [0.4, 0.5) is 0 Å². The van der Waals surface area contributed by atoms with E-state index in [1.165, 1.54) is 0 Å². The van der Waals surface area contributed by atoms with Gasteiger partial charge in [-0.15, -0.1) is 6.42 Å². The molecule has 2 N–H and O–H groups in total. The lowest BCUT2D eigenvalue weighted by molar-refractivity contribution is -0.125. The lowest BCUT2D eigenvalue weighted by atomic mass is 10.1. The molecule has 1 aromatic rings. The van der Waals surface area contributed by atoms with E-state index in [0.29, 0.717) is 5.56 Å². The topological polar surface area (TPSA) is 75.3 Å². The number of hydrogen-bond acceptors (Lipinski definition) is 3. The lowest BCUT2D eigenvalue weighted by Crippen LogP contribution is -2.37. The van der Waals surface area contributed by atoms with Crippen LogP contribution in [0.5, 0.6) is 0 Å². The fourth-order valence-corrected chi connectivity index (χ4v) is 1.75. The third kappa shape index (κ3) is 6.72. The highest BCUT2D eigenvalue weighted by Crippen LogP contribution is 2.12.